The van der Waals surface area contributed by atoms with E-state index in [9.17, 15) is 0 Å². The minimum absolute atomic E-state index is 1.09. The van der Waals surface area contributed by atoms with Crippen molar-refractivity contribution in [3.05, 3.63) is 97.6 Å². The molecule has 5 aromatic rings. The molecule has 4 nitrogen and oxygen atoms in total. The lowest BCUT2D eigenvalue weighted by Crippen LogP contribution is -1.83. The Bertz CT molecular complexity index is 1110. The second kappa shape index (κ2) is 7.00. The summed E-state index contributed by atoms with van der Waals surface area (Å²) in [6.45, 7) is 0. The molecule has 0 aliphatic carbocycles. The van der Waals surface area contributed by atoms with Gasteiger partial charge in [-0.15, -0.1) is 0 Å². The molecular weight excluding hydrogens is 344 g/mol. The summed E-state index contributed by atoms with van der Waals surface area (Å²) < 4.78 is 0. The van der Waals surface area contributed by atoms with Crippen molar-refractivity contribution < 1.29 is 0 Å². The van der Waals surface area contributed by atoms with Crippen LogP contribution in [0.4, 0.5) is 0 Å². The van der Waals surface area contributed by atoms with Crippen LogP contribution in [0.1, 0.15) is 0 Å². The van der Waals surface area contributed by atoms with E-state index in [1.165, 1.54) is 0 Å². The Hall–Kier alpha value is -3.92. The Morgan fingerprint density at radius 1 is 0.429 bits per heavy atom. The summed E-state index contributed by atoms with van der Waals surface area (Å²) in [7, 11) is 0. The number of nitrogens with zero attached hydrogens (tertiary/aromatic N) is 2. The highest BCUT2D eigenvalue weighted by atomic mass is 14.7. The molecule has 4 aromatic heterocycles. The Balaban J connectivity index is 1.46. The van der Waals surface area contributed by atoms with Crippen LogP contribution in [0, 0.1) is 0 Å². The summed E-state index contributed by atoms with van der Waals surface area (Å²) in [6, 6.07) is 25.0. The minimum atomic E-state index is 1.09. The molecule has 0 amide bonds. The molecule has 0 radical (unpaired) electrons. The lowest BCUT2D eigenvalue weighted by atomic mass is 10.1. The molecule has 1 aromatic carbocycles. The Labute approximate surface area is 163 Å². The highest BCUT2D eigenvalue weighted by Crippen LogP contribution is 2.29. The van der Waals surface area contributed by atoms with Crippen LogP contribution in [0.5, 0.6) is 0 Å². The summed E-state index contributed by atoms with van der Waals surface area (Å²) in [5.74, 6) is 0. The molecule has 0 saturated carbocycles. The van der Waals surface area contributed by atoms with Gasteiger partial charge in [-0.1, -0.05) is 18.2 Å². The zero-order chi connectivity index (χ0) is 18.8. The standard InChI is InChI=1S/C24H18N4/c1-2-19(23-6-4-21(27-23)17-8-12-25-13-9-17)16-20(3-1)24-7-5-22(28-24)18-10-14-26-15-11-18/h1-16,27-28H. The third-order valence-corrected chi connectivity index (χ3v) is 4.84. The monoisotopic (exact) mass is 362 g/mol. The van der Waals surface area contributed by atoms with E-state index in [-0.39, 0.29) is 0 Å². The molecule has 5 rings (SSSR count). The summed E-state index contributed by atoms with van der Waals surface area (Å²) in [5.41, 5.74) is 8.91. The molecule has 0 bridgehead atoms. The topological polar surface area (TPSA) is 57.4 Å². The molecular formula is C24H18N4. The van der Waals surface area contributed by atoms with Crippen molar-refractivity contribution in [3.63, 3.8) is 0 Å². The first-order valence-corrected chi connectivity index (χ1v) is 9.16. The van der Waals surface area contributed by atoms with E-state index < -0.39 is 0 Å². The highest BCUT2D eigenvalue weighted by molar-refractivity contribution is 5.74. The van der Waals surface area contributed by atoms with Crippen molar-refractivity contribution in [2.45, 2.75) is 0 Å². The number of aromatic amines is 2. The molecule has 28 heavy (non-hydrogen) atoms. The van der Waals surface area contributed by atoms with Gasteiger partial charge in [-0.05, 0) is 65.7 Å². The molecule has 0 unspecified atom stereocenters. The molecule has 0 saturated heterocycles. The predicted molar refractivity (Wildman–Crippen MR) is 112 cm³/mol. The Morgan fingerprint density at radius 2 is 0.821 bits per heavy atom. The molecule has 4 heterocycles. The van der Waals surface area contributed by atoms with Crippen LogP contribution in [0.15, 0.2) is 97.6 Å². The fourth-order valence-corrected chi connectivity index (χ4v) is 3.38. The lowest BCUT2D eigenvalue weighted by molar-refractivity contribution is 1.31. The first kappa shape index (κ1) is 16.3. The normalized spacial score (nSPS) is 10.9. The third-order valence-electron chi connectivity index (χ3n) is 4.84. The number of rotatable bonds is 4. The first-order valence-electron chi connectivity index (χ1n) is 9.16. The quantitative estimate of drug-likeness (QED) is 0.424. The van der Waals surface area contributed by atoms with Gasteiger partial charge in [0.1, 0.15) is 0 Å². The lowest BCUT2D eigenvalue weighted by Gasteiger charge is -2.04. The summed E-state index contributed by atoms with van der Waals surface area (Å²) >= 11 is 0. The minimum Gasteiger partial charge on any atom is -0.355 e. The van der Waals surface area contributed by atoms with Gasteiger partial charge in [0.2, 0.25) is 0 Å². The predicted octanol–water partition coefficient (Wildman–Crippen LogP) is 5.80. The van der Waals surface area contributed by atoms with Crippen molar-refractivity contribution in [1.29, 1.82) is 0 Å². The number of H-pyrrole nitrogens is 2. The van der Waals surface area contributed by atoms with Crippen LogP contribution in [0.3, 0.4) is 0 Å². The molecule has 0 spiro atoms. The summed E-state index contributed by atoms with van der Waals surface area (Å²) in [6.07, 6.45) is 7.23. The Kier molecular flexibility index (Phi) is 4.07. The van der Waals surface area contributed by atoms with Crippen molar-refractivity contribution in [2.24, 2.45) is 0 Å². The van der Waals surface area contributed by atoms with Gasteiger partial charge in [0.15, 0.2) is 0 Å². The molecule has 0 aliphatic heterocycles. The van der Waals surface area contributed by atoms with E-state index in [2.05, 4.69) is 68.5 Å². The average Bonchev–Trinajstić information content (AvgIpc) is 3.46. The summed E-state index contributed by atoms with van der Waals surface area (Å²) in [5, 5.41) is 0. The molecule has 0 fully saturated rings. The van der Waals surface area contributed by atoms with Crippen LogP contribution in [-0.4, -0.2) is 19.9 Å². The van der Waals surface area contributed by atoms with E-state index in [0.717, 1.165) is 45.0 Å². The van der Waals surface area contributed by atoms with Crippen LogP contribution in [-0.2, 0) is 0 Å². The maximum Gasteiger partial charge on any atom is 0.0459 e. The first-order chi connectivity index (χ1) is 13.9. The maximum absolute atomic E-state index is 4.08. The largest absolute Gasteiger partial charge is 0.355 e. The fourth-order valence-electron chi connectivity index (χ4n) is 3.38. The van der Waals surface area contributed by atoms with Gasteiger partial charge in [0, 0.05) is 58.7 Å². The van der Waals surface area contributed by atoms with Crippen molar-refractivity contribution in [2.75, 3.05) is 0 Å². The second-order valence-corrected chi connectivity index (χ2v) is 6.62. The summed E-state index contributed by atoms with van der Waals surface area (Å²) in [4.78, 5) is 15.2. The van der Waals surface area contributed by atoms with Gasteiger partial charge in [-0.3, -0.25) is 9.97 Å². The second-order valence-electron chi connectivity index (χ2n) is 6.62. The zero-order valence-corrected chi connectivity index (χ0v) is 15.1. The van der Waals surface area contributed by atoms with Crippen molar-refractivity contribution >= 4 is 0 Å². The molecule has 0 atom stereocenters. The highest BCUT2D eigenvalue weighted by Gasteiger charge is 2.07. The fraction of sp³-hybridized carbons (Fsp3) is 0. The number of aromatic nitrogens is 4. The van der Waals surface area contributed by atoms with Crippen LogP contribution in [0.2, 0.25) is 0 Å². The molecule has 2 N–H and O–H groups in total. The number of nitrogens with one attached hydrogen (secondary N) is 2. The van der Waals surface area contributed by atoms with E-state index in [0.29, 0.717) is 0 Å². The number of hydrogen-bond acceptors (Lipinski definition) is 2. The van der Waals surface area contributed by atoms with Gasteiger partial charge < -0.3 is 9.97 Å². The van der Waals surface area contributed by atoms with Crippen LogP contribution in [0.25, 0.3) is 45.0 Å². The molecule has 134 valence electrons. The SMILES string of the molecule is c1cc(-c2ccc(-c3ccncc3)[nH]2)cc(-c2ccc(-c3ccncc3)[nH]2)c1. The van der Waals surface area contributed by atoms with E-state index >= 15 is 0 Å². The van der Waals surface area contributed by atoms with Crippen molar-refractivity contribution in [1.82, 2.24) is 19.9 Å². The van der Waals surface area contributed by atoms with Gasteiger partial charge in [-0.2, -0.15) is 0 Å². The maximum atomic E-state index is 4.08. The number of pyridine rings is 2. The van der Waals surface area contributed by atoms with Crippen LogP contribution >= 0.6 is 0 Å². The third kappa shape index (κ3) is 3.12. The number of hydrogen-bond donors (Lipinski definition) is 2. The van der Waals surface area contributed by atoms with E-state index in [1.807, 2.05) is 49.1 Å². The zero-order valence-electron chi connectivity index (χ0n) is 15.1. The smallest absolute Gasteiger partial charge is 0.0459 e. The molecule has 4 heteroatoms. The average molecular weight is 362 g/mol. The molecule has 0 aliphatic rings. The van der Waals surface area contributed by atoms with Gasteiger partial charge in [0.25, 0.3) is 0 Å². The number of benzene rings is 1. The van der Waals surface area contributed by atoms with E-state index in [1.54, 1.807) is 0 Å². The van der Waals surface area contributed by atoms with Crippen LogP contribution < -0.4 is 0 Å². The van der Waals surface area contributed by atoms with Gasteiger partial charge in [-0.25, -0.2) is 0 Å². The van der Waals surface area contributed by atoms with Gasteiger partial charge in [0.05, 0.1) is 0 Å². The van der Waals surface area contributed by atoms with Gasteiger partial charge >= 0.3 is 0 Å². The Morgan fingerprint density at radius 3 is 1.25 bits per heavy atom. The van der Waals surface area contributed by atoms with Crippen molar-refractivity contribution in [3.8, 4) is 45.0 Å². The van der Waals surface area contributed by atoms with E-state index in [4.69, 9.17) is 0 Å².